The van der Waals surface area contributed by atoms with Gasteiger partial charge >= 0.3 is 0 Å². The Labute approximate surface area is 126 Å². The number of halogens is 1. The lowest BCUT2D eigenvalue weighted by atomic mass is 10.0. The predicted octanol–water partition coefficient (Wildman–Crippen LogP) is 3.65. The first-order valence-corrected chi connectivity index (χ1v) is 7.88. The van der Waals surface area contributed by atoms with Gasteiger partial charge < -0.3 is 9.64 Å². The molecule has 0 spiro atoms. The maximum absolute atomic E-state index is 6.25. The minimum atomic E-state index is 0.303. The molecule has 4 nitrogen and oxygen atoms in total. The zero-order valence-corrected chi connectivity index (χ0v) is 13.4. The number of ether oxygens (including phenoxy) is 1. The lowest BCUT2D eigenvalue weighted by Gasteiger charge is -2.35. The smallest absolute Gasteiger partial charge is 0.138 e. The Kier molecular flexibility index (Phi) is 5.61. The average Bonchev–Trinajstić information content (AvgIpc) is 2.44. The van der Waals surface area contributed by atoms with Gasteiger partial charge in [-0.2, -0.15) is 0 Å². The molecule has 2 rings (SSSR count). The van der Waals surface area contributed by atoms with Crippen molar-refractivity contribution in [2.45, 2.75) is 52.1 Å². The van der Waals surface area contributed by atoms with Gasteiger partial charge in [0.25, 0.3) is 0 Å². The highest BCUT2D eigenvalue weighted by Crippen LogP contribution is 2.32. The Morgan fingerprint density at radius 3 is 2.95 bits per heavy atom. The first kappa shape index (κ1) is 15.5. The van der Waals surface area contributed by atoms with Crippen LogP contribution >= 0.6 is 11.6 Å². The number of piperidine rings is 1. The van der Waals surface area contributed by atoms with Crippen LogP contribution in [0.5, 0.6) is 0 Å². The minimum absolute atomic E-state index is 0.303. The van der Waals surface area contributed by atoms with Crippen molar-refractivity contribution in [2.75, 3.05) is 24.6 Å². The standard InChI is InChI=1S/C15H24ClN3O/c1-4-8-20-12-6-5-7-19(9-12)15-13(11(2)3)14(16)17-10-18-15/h10-12H,4-9H2,1-3H3. The molecule has 1 aromatic rings. The fraction of sp³-hybridized carbons (Fsp3) is 0.733. The zero-order chi connectivity index (χ0) is 14.5. The summed E-state index contributed by atoms with van der Waals surface area (Å²) in [7, 11) is 0. The molecule has 1 aliphatic heterocycles. The predicted molar refractivity (Wildman–Crippen MR) is 82.6 cm³/mol. The molecule has 112 valence electrons. The molecule has 0 aliphatic carbocycles. The second-order valence-corrected chi connectivity index (χ2v) is 6.00. The van der Waals surface area contributed by atoms with Crippen LogP contribution in [0.4, 0.5) is 5.82 Å². The summed E-state index contributed by atoms with van der Waals surface area (Å²) in [6.07, 6.45) is 5.19. The molecule has 1 atom stereocenters. The highest BCUT2D eigenvalue weighted by atomic mass is 35.5. The average molecular weight is 298 g/mol. The molecule has 5 heteroatoms. The number of rotatable bonds is 5. The summed E-state index contributed by atoms with van der Waals surface area (Å²) in [5.74, 6) is 1.29. The molecule has 1 unspecified atom stereocenters. The number of aromatic nitrogens is 2. The van der Waals surface area contributed by atoms with E-state index in [4.69, 9.17) is 16.3 Å². The largest absolute Gasteiger partial charge is 0.376 e. The van der Waals surface area contributed by atoms with Crippen LogP contribution in [-0.2, 0) is 4.74 Å². The third-order valence-corrected chi connectivity index (χ3v) is 3.93. The summed E-state index contributed by atoms with van der Waals surface area (Å²) in [4.78, 5) is 10.9. The monoisotopic (exact) mass is 297 g/mol. The molecule has 1 aromatic heterocycles. The zero-order valence-electron chi connectivity index (χ0n) is 12.6. The molecule has 0 radical (unpaired) electrons. The summed E-state index contributed by atoms with van der Waals surface area (Å²) in [6, 6.07) is 0. The van der Waals surface area contributed by atoms with Crippen LogP contribution in [0.1, 0.15) is 51.5 Å². The van der Waals surface area contributed by atoms with Crippen molar-refractivity contribution < 1.29 is 4.74 Å². The van der Waals surface area contributed by atoms with Gasteiger partial charge in [0, 0.05) is 25.3 Å². The van der Waals surface area contributed by atoms with Gasteiger partial charge in [0.05, 0.1) is 6.10 Å². The minimum Gasteiger partial charge on any atom is -0.376 e. The van der Waals surface area contributed by atoms with Gasteiger partial charge in [0.2, 0.25) is 0 Å². The molecule has 0 bridgehead atoms. The SMILES string of the molecule is CCCOC1CCCN(c2ncnc(Cl)c2C(C)C)C1. The summed E-state index contributed by atoms with van der Waals surface area (Å²) in [5.41, 5.74) is 1.05. The quantitative estimate of drug-likeness (QED) is 0.778. The van der Waals surface area contributed by atoms with Crippen LogP contribution < -0.4 is 4.90 Å². The van der Waals surface area contributed by atoms with Gasteiger partial charge in [0.15, 0.2) is 0 Å². The Bertz CT molecular complexity index is 439. The number of hydrogen-bond donors (Lipinski definition) is 0. The highest BCUT2D eigenvalue weighted by Gasteiger charge is 2.25. The fourth-order valence-corrected chi connectivity index (χ4v) is 3.01. The van der Waals surface area contributed by atoms with Crippen molar-refractivity contribution in [2.24, 2.45) is 0 Å². The maximum atomic E-state index is 6.25. The van der Waals surface area contributed by atoms with E-state index < -0.39 is 0 Å². The molecule has 20 heavy (non-hydrogen) atoms. The first-order valence-electron chi connectivity index (χ1n) is 7.50. The van der Waals surface area contributed by atoms with Crippen LogP contribution in [0.15, 0.2) is 6.33 Å². The van der Waals surface area contributed by atoms with Crippen molar-refractivity contribution in [1.29, 1.82) is 0 Å². The van der Waals surface area contributed by atoms with Crippen LogP contribution in [-0.4, -0.2) is 35.8 Å². The molecule has 2 heterocycles. The fourth-order valence-electron chi connectivity index (χ4n) is 2.67. The van der Waals surface area contributed by atoms with E-state index in [1.165, 1.54) is 0 Å². The number of anilines is 1. The van der Waals surface area contributed by atoms with E-state index in [0.29, 0.717) is 17.2 Å². The van der Waals surface area contributed by atoms with E-state index >= 15 is 0 Å². The molecular weight excluding hydrogens is 274 g/mol. The van der Waals surface area contributed by atoms with Crippen molar-refractivity contribution in [3.63, 3.8) is 0 Å². The molecule has 0 aromatic carbocycles. The molecule has 1 fully saturated rings. The summed E-state index contributed by atoms with van der Waals surface area (Å²) < 4.78 is 5.90. The third-order valence-electron chi connectivity index (χ3n) is 3.63. The Morgan fingerprint density at radius 1 is 1.45 bits per heavy atom. The van der Waals surface area contributed by atoms with Crippen LogP contribution in [0.25, 0.3) is 0 Å². The van der Waals surface area contributed by atoms with Crippen LogP contribution in [0, 0.1) is 0 Å². The molecule has 0 amide bonds. The Balaban J connectivity index is 2.16. The summed E-state index contributed by atoms with van der Waals surface area (Å²) in [5, 5.41) is 0.571. The third kappa shape index (κ3) is 3.61. The molecule has 1 saturated heterocycles. The van der Waals surface area contributed by atoms with E-state index in [9.17, 15) is 0 Å². The topological polar surface area (TPSA) is 38.2 Å². The number of hydrogen-bond acceptors (Lipinski definition) is 4. The number of nitrogens with zero attached hydrogens (tertiary/aromatic N) is 3. The lowest BCUT2D eigenvalue weighted by molar-refractivity contribution is 0.0438. The van der Waals surface area contributed by atoms with Crippen molar-refractivity contribution >= 4 is 17.4 Å². The molecule has 0 N–H and O–H groups in total. The van der Waals surface area contributed by atoms with Crippen molar-refractivity contribution in [1.82, 2.24) is 9.97 Å². The molecular formula is C15H24ClN3O. The molecule has 1 aliphatic rings. The second kappa shape index (κ2) is 7.23. The summed E-state index contributed by atoms with van der Waals surface area (Å²) >= 11 is 6.25. The summed E-state index contributed by atoms with van der Waals surface area (Å²) in [6.45, 7) is 9.14. The van der Waals surface area contributed by atoms with E-state index in [2.05, 4.69) is 35.6 Å². The van der Waals surface area contributed by atoms with Gasteiger partial charge in [0.1, 0.15) is 17.3 Å². The highest BCUT2D eigenvalue weighted by molar-refractivity contribution is 6.30. The normalized spacial score (nSPS) is 19.6. The van der Waals surface area contributed by atoms with Crippen LogP contribution in [0.3, 0.4) is 0 Å². The van der Waals surface area contributed by atoms with E-state index in [0.717, 1.165) is 50.3 Å². The van der Waals surface area contributed by atoms with Gasteiger partial charge in [-0.15, -0.1) is 0 Å². The maximum Gasteiger partial charge on any atom is 0.138 e. The van der Waals surface area contributed by atoms with Gasteiger partial charge in [-0.3, -0.25) is 0 Å². The van der Waals surface area contributed by atoms with Crippen LogP contribution in [0.2, 0.25) is 5.15 Å². The van der Waals surface area contributed by atoms with Gasteiger partial charge in [-0.1, -0.05) is 32.4 Å². The Hall–Kier alpha value is -0.870. The molecule has 0 saturated carbocycles. The van der Waals surface area contributed by atoms with Gasteiger partial charge in [-0.05, 0) is 25.2 Å². The Morgan fingerprint density at radius 2 is 2.25 bits per heavy atom. The van der Waals surface area contributed by atoms with E-state index in [1.54, 1.807) is 6.33 Å². The second-order valence-electron chi connectivity index (χ2n) is 5.64. The van der Waals surface area contributed by atoms with E-state index in [1.807, 2.05) is 0 Å². The van der Waals surface area contributed by atoms with E-state index in [-0.39, 0.29) is 0 Å². The first-order chi connectivity index (χ1) is 9.63. The van der Waals surface area contributed by atoms with Crippen molar-refractivity contribution in [3.05, 3.63) is 17.0 Å². The van der Waals surface area contributed by atoms with Crippen molar-refractivity contribution in [3.8, 4) is 0 Å². The lowest BCUT2D eigenvalue weighted by Crippen LogP contribution is -2.41. The van der Waals surface area contributed by atoms with Gasteiger partial charge in [-0.25, -0.2) is 9.97 Å².